The monoisotopic (exact) mass is 387 g/mol. The van der Waals surface area contributed by atoms with E-state index in [9.17, 15) is 17.6 Å². The van der Waals surface area contributed by atoms with Gasteiger partial charge < -0.3 is 5.32 Å². The van der Waals surface area contributed by atoms with Crippen LogP contribution in [0.3, 0.4) is 0 Å². The van der Waals surface area contributed by atoms with Gasteiger partial charge in [-0.15, -0.1) is 0 Å². The van der Waals surface area contributed by atoms with Crippen molar-refractivity contribution in [3.63, 3.8) is 0 Å². The molecule has 1 aliphatic rings. The van der Waals surface area contributed by atoms with Crippen molar-refractivity contribution in [3.8, 4) is 6.07 Å². The van der Waals surface area contributed by atoms with Gasteiger partial charge in [-0.25, -0.2) is 12.8 Å². The van der Waals surface area contributed by atoms with Crippen LogP contribution < -0.4 is 5.32 Å². The van der Waals surface area contributed by atoms with E-state index in [4.69, 9.17) is 5.26 Å². The predicted molar refractivity (Wildman–Crippen MR) is 96.3 cm³/mol. The Kier molecular flexibility index (Phi) is 5.54. The third-order valence-electron chi connectivity index (χ3n) is 4.28. The summed E-state index contributed by atoms with van der Waals surface area (Å²) in [5.41, 5.74) is 0.688. The Morgan fingerprint density at radius 2 is 1.85 bits per heavy atom. The second-order valence-corrected chi connectivity index (χ2v) is 8.18. The van der Waals surface area contributed by atoms with Crippen LogP contribution in [0.15, 0.2) is 53.4 Å². The van der Waals surface area contributed by atoms with Crippen molar-refractivity contribution in [1.82, 2.24) is 9.62 Å². The first-order valence-corrected chi connectivity index (χ1v) is 9.88. The maximum atomic E-state index is 13.6. The second kappa shape index (κ2) is 7.86. The molecule has 3 rings (SSSR count). The van der Waals surface area contributed by atoms with E-state index in [-0.39, 0.29) is 24.0 Å². The van der Waals surface area contributed by atoms with Crippen molar-refractivity contribution in [3.05, 3.63) is 65.5 Å². The third kappa shape index (κ3) is 4.51. The van der Waals surface area contributed by atoms with Crippen molar-refractivity contribution in [2.75, 3.05) is 6.54 Å². The van der Waals surface area contributed by atoms with Gasteiger partial charge in [-0.05, 0) is 43.2 Å². The van der Waals surface area contributed by atoms with Crippen LogP contribution in [0.4, 0.5) is 4.39 Å². The minimum Gasteiger partial charge on any atom is -0.351 e. The molecule has 0 atom stereocenters. The number of nitriles is 1. The van der Waals surface area contributed by atoms with E-state index in [1.54, 1.807) is 18.2 Å². The molecular formula is C19H18FN3O3S. The fraction of sp³-hybridized carbons (Fsp3) is 0.263. The number of carbonyl (C=O) groups is 1. The summed E-state index contributed by atoms with van der Waals surface area (Å²) >= 11 is 0. The number of benzene rings is 2. The molecule has 0 heterocycles. The third-order valence-corrected chi connectivity index (χ3v) is 6.19. The van der Waals surface area contributed by atoms with Crippen LogP contribution in [0.1, 0.15) is 24.0 Å². The van der Waals surface area contributed by atoms with Crippen LogP contribution in [-0.4, -0.2) is 31.2 Å². The molecule has 6 nitrogen and oxygen atoms in total. The molecule has 140 valence electrons. The summed E-state index contributed by atoms with van der Waals surface area (Å²) in [7, 11) is -3.86. The number of halogens is 1. The number of hydrogen-bond acceptors (Lipinski definition) is 4. The lowest BCUT2D eigenvalue weighted by Gasteiger charge is -2.21. The molecule has 0 radical (unpaired) electrons. The molecule has 1 saturated carbocycles. The van der Waals surface area contributed by atoms with Crippen LogP contribution in [0.2, 0.25) is 0 Å². The highest BCUT2D eigenvalue weighted by Crippen LogP contribution is 2.31. The Morgan fingerprint density at radius 3 is 2.44 bits per heavy atom. The first-order chi connectivity index (χ1) is 12.9. The normalized spacial score (nSPS) is 14.0. The van der Waals surface area contributed by atoms with Crippen molar-refractivity contribution in [1.29, 1.82) is 5.26 Å². The van der Waals surface area contributed by atoms with Gasteiger partial charge in [0.15, 0.2) is 0 Å². The number of hydrogen-bond donors (Lipinski definition) is 1. The number of amides is 1. The first kappa shape index (κ1) is 19.0. The Bertz CT molecular complexity index is 980. The standard InChI is InChI=1S/C19H18FN3O3S/c20-18-4-2-1-3-15(18)12-22-19(24)13-23(16-7-8-16)27(25,26)17-9-5-14(11-21)6-10-17/h1-6,9-10,16H,7-8,12-13H2,(H,22,24). The fourth-order valence-electron chi connectivity index (χ4n) is 2.64. The van der Waals surface area contributed by atoms with E-state index in [0.29, 0.717) is 24.0 Å². The summed E-state index contributed by atoms with van der Waals surface area (Å²) in [5.74, 6) is -0.926. The summed E-state index contributed by atoms with van der Waals surface area (Å²) in [6, 6.07) is 13.4. The van der Waals surface area contributed by atoms with Crippen molar-refractivity contribution in [2.24, 2.45) is 0 Å². The molecule has 1 N–H and O–H groups in total. The Labute approximate surface area is 157 Å². The van der Waals surface area contributed by atoms with Crippen LogP contribution >= 0.6 is 0 Å². The molecule has 0 aliphatic heterocycles. The lowest BCUT2D eigenvalue weighted by atomic mass is 10.2. The van der Waals surface area contributed by atoms with E-state index in [1.807, 2.05) is 6.07 Å². The number of nitrogens with zero attached hydrogens (tertiary/aromatic N) is 2. The van der Waals surface area contributed by atoms with Crippen LogP contribution in [0, 0.1) is 17.1 Å². The molecule has 2 aromatic carbocycles. The molecule has 1 aliphatic carbocycles. The highest BCUT2D eigenvalue weighted by Gasteiger charge is 2.39. The topological polar surface area (TPSA) is 90.3 Å². The van der Waals surface area contributed by atoms with Gasteiger partial charge in [0.1, 0.15) is 5.82 Å². The van der Waals surface area contributed by atoms with Gasteiger partial charge in [0.2, 0.25) is 15.9 Å². The van der Waals surface area contributed by atoms with Gasteiger partial charge in [0.25, 0.3) is 0 Å². The number of carbonyl (C=O) groups excluding carboxylic acids is 1. The van der Waals surface area contributed by atoms with E-state index >= 15 is 0 Å². The number of rotatable bonds is 7. The zero-order valence-corrected chi connectivity index (χ0v) is 15.2. The molecule has 0 unspecified atom stereocenters. The molecule has 0 saturated heterocycles. The first-order valence-electron chi connectivity index (χ1n) is 8.44. The van der Waals surface area contributed by atoms with Crippen LogP contribution in [-0.2, 0) is 21.4 Å². The van der Waals surface area contributed by atoms with Crippen molar-refractivity contribution >= 4 is 15.9 Å². The quantitative estimate of drug-likeness (QED) is 0.788. The molecule has 1 fully saturated rings. The van der Waals surface area contributed by atoms with Crippen LogP contribution in [0.5, 0.6) is 0 Å². The molecule has 2 aromatic rings. The summed E-state index contributed by atoms with van der Waals surface area (Å²) in [6.07, 6.45) is 1.38. The van der Waals surface area contributed by atoms with Gasteiger partial charge in [0.05, 0.1) is 23.1 Å². The zero-order chi connectivity index (χ0) is 19.4. The minimum absolute atomic E-state index is 0.0130. The van der Waals surface area contributed by atoms with Gasteiger partial charge in [0, 0.05) is 18.2 Å². The molecule has 1 amide bonds. The van der Waals surface area contributed by atoms with Gasteiger partial charge in [-0.1, -0.05) is 18.2 Å². The van der Waals surface area contributed by atoms with Crippen LogP contribution in [0.25, 0.3) is 0 Å². The summed E-state index contributed by atoms with van der Waals surface area (Å²) in [4.78, 5) is 12.3. The Hall–Kier alpha value is -2.76. The smallest absolute Gasteiger partial charge is 0.243 e. The lowest BCUT2D eigenvalue weighted by Crippen LogP contribution is -2.41. The average molecular weight is 387 g/mol. The van der Waals surface area contributed by atoms with E-state index < -0.39 is 21.7 Å². The largest absolute Gasteiger partial charge is 0.351 e. The van der Waals surface area contributed by atoms with E-state index in [0.717, 1.165) is 0 Å². The maximum absolute atomic E-state index is 13.6. The van der Waals surface area contributed by atoms with E-state index in [1.165, 1.54) is 34.6 Å². The van der Waals surface area contributed by atoms with Gasteiger partial charge in [-0.2, -0.15) is 9.57 Å². The van der Waals surface area contributed by atoms with E-state index in [2.05, 4.69) is 5.32 Å². The second-order valence-electron chi connectivity index (χ2n) is 6.29. The summed E-state index contributed by atoms with van der Waals surface area (Å²) in [5, 5.41) is 11.4. The molecule has 0 aromatic heterocycles. The molecule has 8 heteroatoms. The summed E-state index contributed by atoms with van der Waals surface area (Å²) < 4.78 is 40.6. The average Bonchev–Trinajstić information content (AvgIpc) is 3.50. The zero-order valence-electron chi connectivity index (χ0n) is 14.4. The molecule has 0 bridgehead atoms. The van der Waals surface area contributed by atoms with Crippen molar-refractivity contribution < 1.29 is 17.6 Å². The molecule has 27 heavy (non-hydrogen) atoms. The lowest BCUT2D eigenvalue weighted by molar-refractivity contribution is -0.121. The highest BCUT2D eigenvalue weighted by atomic mass is 32.2. The molecular weight excluding hydrogens is 369 g/mol. The van der Waals surface area contributed by atoms with Gasteiger partial charge >= 0.3 is 0 Å². The Morgan fingerprint density at radius 1 is 1.19 bits per heavy atom. The maximum Gasteiger partial charge on any atom is 0.243 e. The number of sulfonamides is 1. The highest BCUT2D eigenvalue weighted by molar-refractivity contribution is 7.89. The predicted octanol–water partition coefficient (Wildman–Crippen LogP) is 2.17. The fourth-order valence-corrected chi connectivity index (χ4v) is 4.28. The van der Waals surface area contributed by atoms with Gasteiger partial charge in [-0.3, -0.25) is 4.79 Å². The minimum atomic E-state index is -3.86. The molecule has 0 spiro atoms. The Balaban J connectivity index is 1.70. The summed E-state index contributed by atoms with van der Waals surface area (Å²) in [6.45, 7) is -0.345. The van der Waals surface area contributed by atoms with Crippen molar-refractivity contribution in [2.45, 2.75) is 30.3 Å². The SMILES string of the molecule is N#Cc1ccc(S(=O)(=O)N(CC(=O)NCc2ccccc2F)C2CC2)cc1. The number of nitrogens with one attached hydrogen (secondary N) is 1.